The van der Waals surface area contributed by atoms with Gasteiger partial charge in [-0.25, -0.2) is 4.39 Å². The Labute approximate surface area is 121 Å². The molecular weight excluding hydrogens is 281 g/mol. The average Bonchev–Trinajstić information content (AvgIpc) is 2.41. The van der Waals surface area contributed by atoms with E-state index in [0.717, 1.165) is 5.56 Å². The Bertz CT molecular complexity index is 646. The topological polar surface area (TPSA) is 43.1 Å². The molecule has 0 amide bonds. The minimum absolute atomic E-state index is 0.0345. The zero-order chi connectivity index (χ0) is 14.7. The summed E-state index contributed by atoms with van der Waals surface area (Å²) in [5.41, 5.74) is 2.10. The summed E-state index contributed by atoms with van der Waals surface area (Å²) in [6.07, 6.45) is 0.281. The highest BCUT2D eigenvalue weighted by Crippen LogP contribution is 2.31. The van der Waals surface area contributed by atoms with E-state index in [4.69, 9.17) is 11.6 Å². The maximum Gasteiger partial charge on any atom is 0.272 e. The molecule has 0 spiro atoms. The number of aryl methyl sites for hydroxylation is 1. The van der Waals surface area contributed by atoms with Crippen molar-refractivity contribution in [2.45, 2.75) is 18.7 Å². The third kappa shape index (κ3) is 3.14. The summed E-state index contributed by atoms with van der Waals surface area (Å²) in [7, 11) is 0. The van der Waals surface area contributed by atoms with E-state index in [1.165, 1.54) is 18.2 Å². The largest absolute Gasteiger partial charge is 0.272 e. The SMILES string of the molecule is Cc1ccc(F)cc1C(Cl)Cc1ccccc1[N+](=O)[O-]. The summed E-state index contributed by atoms with van der Waals surface area (Å²) in [4.78, 5) is 10.5. The first-order valence-corrected chi connectivity index (χ1v) is 6.55. The highest BCUT2D eigenvalue weighted by atomic mass is 35.5. The van der Waals surface area contributed by atoms with Crippen LogP contribution in [0.4, 0.5) is 10.1 Å². The number of halogens is 2. The molecule has 0 radical (unpaired) electrons. The molecule has 0 aliphatic rings. The molecule has 0 aliphatic carbocycles. The lowest BCUT2D eigenvalue weighted by Gasteiger charge is -2.13. The number of nitrogens with zero attached hydrogens (tertiary/aromatic N) is 1. The molecule has 0 fully saturated rings. The van der Waals surface area contributed by atoms with Gasteiger partial charge in [0.1, 0.15) is 5.82 Å². The predicted molar refractivity (Wildman–Crippen MR) is 76.5 cm³/mol. The highest BCUT2D eigenvalue weighted by molar-refractivity contribution is 6.21. The zero-order valence-electron chi connectivity index (χ0n) is 10.8. The van der Waals surface area contributed by atoms with Gasteiger partial charge in [0, 0.05) is 11.6 Å². The molecule has 0 saturated heterocycles. The van der Waals surface area contributed by atoms with Gasteiger partial charge in [0.25, 0.3) is 5.69 Å². The Hall–Kier alpha value is -1.94. The van der Waals surface area contributed by atoms with Crippen molar-refractivity contribution in [3.05, 3.63) is 75.1 Å². The molecule has 20 heavy (non-hydrogen) atoms. The van der Waals surface area contributed by atoms with Gasteiger partial charge in [0.15, 0.2) is 0 Å². The van der Waals surface area contributed by atoms with Crippen molar-refractivity contribution in [3.8, 4) is 0 Å². The lowest BCUT2D eigenvalue weighted by atomic mass is 9.99. The van der Waals surface area contributed by atoms with Crippen LogP contribution in [0.25, 0.3) is 0 Å². The fourth-order valence-corrected chi connectivity index (χ4v) is 2.51. The van der Waals surface area contributed by atoms with E-state index in [9.17, 15) is 14.5 Å². The van der Waals surface area contributed by atoms with Crippen LogP contribution in [0.15, 0.2) is 42.5 Å². The summed E-state index contributed by atoms with van der Waals surface area (Å²) >= 11 is 6.31. The van der Waals surface area contributed by atoms with Gasteiger partial charge in [0.05, 0.1) is 10.3 Å². The lowest BCUT2D eigenvalue weighted by Crippen LogP contribution is -2.02. The first kappa shape index (κ1) is 14.5. The van der Waals surface area contributed by atoms with Crippen LogP contribution in [0.3, 0.4) is 0 Å². The molecule has 2 aromatic carbocycles. The molecule has 104 valence electrons. The summed E-state index contributed by atoms with van der Waals surface area (Å²) < 4.78 is 13.3. The van der Waals surface area contributed by atoms with Gasteiger partial charge in [0.2, 0.25) is 0 Å². The molecule has 5 heteroatoms. The average molecular weight is 294 g/mol. The van der Waals surface area contributed by atoms with Crippen molar-refractivity contribution in [2.24, 2.45) is 0 Å². The third-order valence-electron chi connectivity index (χ3n) is 3.17. The molecule has 0 aliphatic heterocycles. The molecule has 2 rings (SSSR count). The summed E-state index contributed by atoms with van der Waals surface area (Å²) in [5, 5.41) is 10.5. The summed E-state index contributed by atoms with van der Waals surface area (Å²) in [6, 6.07) is 10.8. The van der Waals surface area contributed by atoms with Crippen LogP contribution in [0, 0.1) is 22.9 Å². The molecule has 2 aromatic rings. The number of benzene rings is 2. The van der Waals surface area contributed by atoms with Crippen LogP contribution in [0.2, 0.25) is 0 Å². The number of rotatable bonds is 4. The van der Waals surface area contributed by atoms with Crippen molar-refractivity contribution >= 4 is 17.3 Å². The summed E-state index contributed by atoms with van der Waals surface area (Å²) in [6.45, 7) is 1.84. The predicted octanol–water partition coefficient (Wildman–Crippen LogP) is 4.56. The quantitative estimate of drug-likeness (QED) is 0.471. The van der Waals surface area contributed by atoms with Crippen LogP contribution < -0.4 is 0 Å². The van der Waals surface area contributed by atoms with Crippen molar-refractivity contribution in [1.29, 1.82) is 0 Å². The molecule has 0 bridgehead atoms. The lowest BCUT2D eigenvalue weighted by molar-refractivity contribution is -0.385. The van der Waals surface area contributed by atoms with Gasteiger partial charge in [-0.3, -0.25) is 10.1 Å². The van der Waals surface area contributed by atoms with E-state index < -0.39 is 10.3 Å². The van der Waals surface area contributed by atoms with Crippen LogP contribution >= 0.6 is 11.6 Å². The number of para-hydroxylation sites is 1. The van der Waals surface area contributed by atoms with Crippen molar-refractivity contribution in [3.63, 3.8) is 0 Å². The Kier molecular flexibility index (Phi) is 4.35. The smallest absolute Gasteiger partial charge is 0.258 e. The van der Waals surface area contributed by atoms with E-state index in [0.29, 0.717) is 11.1 Å². The third-order valence-corrected chi connectivity index (χ3v) is 3.56. The molecule has 0 heterocycles. The first-order chi connectivity index (χ1) is 9.49. The molecule has 0 aromatic heterocycles. The molecule has 0 N–H and O–H groups in total. The van der Waals surface area contributed by atoms with Gasteiger partial charge in [-0.2, -0.15) is 0 Å². The molecular formula is C15H13ClFNO2. The summed E-state index contributed by atoms with van der Waals surface area (Å²) in [5.74, 6) is -0.362. The van der Waals surface area contributed by atoms with Crippen LogP contribution in [-0.4, -0.2) is 4.92 Å². The van der Waals surface area contributed by atoms with Crippen LogP contribution in [0.5, 0.6) is 0 Å². The standard InChI is InChI=1S/C15H13ClFNO2/c1-10-6-7-12(17)9-13(10)14(16)8-11-4-2-3-5-15(11)18(19)20/h2-7,9,14H,8H2,1H3. The first-order valence-electron chi connectivity index (χ1n) is 6.11. The van der Waals surface area contributed by atoms with E-state index in [1.54, 1.807) is 24.3 Å². The van der Waals surface area contributed by atoms with Gasteiger partial charge < -0.3 is 0 Å². The zero-order valence-corrected chi connectivity index (χ0v) is 11.6. The number of nitro benzene ring substituents is 1. The van der Waals surface area contributed by atoms with Gasteiger partial charge in [-0.05, 0) is 36.6 Å². The van der Waals surface area contributed by atoms with E-state index >= 15 is 0 Å². The number of hydrogen-bond acceptors (Lipinski definition) is 2. The maximum atomic E-state index is 13.3. The fourth-order valence-electron chi connectivity index (χ4n) is 2.11. The Morgan fingerprint density at radius 3 is 2.70 bits per heavy atom. The molecule has 1 unspecified atom stereocenters. The second kappa shape index (κ2) is 6.01. The molecule has 1 atom stereocenters. The minimum atomic E-state index is -0.508. The van der Waals surface area contributed by atoms with Gasteiger partial charge >= 0.3 is 0 Å². The van der Waals surface area contributed by atoms with Crippen molar-refractivity contribution in [1.82, 2.24) is 0 Å². The number of alkyl halides is 1. The van der Waals surface area contributed by atoms with Gasteiger partial charge in [-0.15, -0.1) is 11.6 Å². The second-order valence-electron chi connectivity index (χ2n) is 4.56. The fraction of sp³-hybridized carbons (Fsp3) is 0.200. The van der Waals surface area contributed by atoms with Crippen LogP contribution in [-0.2, 0) is 6.42 Å². The van der Waals surface area contributed by atoms with Crippen molar-refractivity contribution in [2.75, 3.05) is 0 Å². The Morgan fingerprint density at radius 1 is 1.30 bits per heavy atom. The highest BCUT2D eigenvalue weighted by Gasteiger charge is 2.18. The normalized spacial score (nSPS) is 12.2. The van der Waals surface area contributed by atoms with E-state index in [-0.39, 0.29) is 17.9 Å². The van der Waals surface area contributed by atoms with E-state index in [1.807, 2.05) is 6.92 Å². The van der Waals surface area contributed by atoms with Gasteiger partial charge in [-0.1, -0.05) is 24.3 Å². The minimum Gasteiger partial charge on any atom is -0.258 e. The number of hydrogen-bond donors (Lipinski definition) is 0. The number of nitro groups is 1. The Balaban J connectivity index is 2.30. The molecule has 3 nitrogen and oxygen atoms in total. The maximum absolute atomic E-state index is 13.3. The van der Waals surface area contributed by atoms with Crippen molar-refractivity contribution < 1.29 is 9.31 Å². The van der Waals surface area contributed by atoms with Crippen LogP contribution in [0.1, 0.15) is 22.1 Å². The molecule has 0 saturated carbocycles. The monoisotopic (exact) mass is 293 g/mol. The Morgan fingerprint density at radius 2 is 2.00 bits per heavy atom. The van der Waals surface area contributed by atoms with E-state index in [2.05, 4.69) is 0 Å². The second-order valence-corrected chi connectivity index (χ2v) is 5.09.